The van der Waals surface area contributed by atoms with Gasteiger partial charge in [-0.3, -0.25) is 10.1 Å². The second-order valence-electron chi connectivity index (χ2n) is 3.65. The van der Waals surface area contributed by atoms with E-state index >= 15 is 0 Å². The Bertz CT molecular complexity index is 632. The molecule has 0 unspecified atom stereocenters. The molecule has 1 aromatic carbocycles. The number of non-ortho nitro benzene ring substituents is 1. The molecule has 0 aliphatic carbocycles. The molecule has 7 heteroatoms. The van der Waals surface area contributed by atoms with Crippen molar-refractivity contribution in [3.8, 4) is 11.3 Å². The van der Waals surface area contributed by atoms with Gasteiger partial charge < -0.3 is 9.52 Å². The summed E-state index contributed by atoms with van der Waals surface area (Å²) in [5, 5.41) is 19.6. The van der Waals surface area contributed by atoms with Crippen LogP contribution in [0.15, 0.2) is 29.0 Å². The minimum atomic E-state index is -1.25. The number of carboxylic acid groups (broad SMARTS) is 1. The van der Waals surface area contributed by atoms with Gasteiger partial charge in [-0.05, 0) is 18.6 Å². The number of carboxylic acids is 1. The first kappa shape index (κ1) is 11.8. The number of aromatic nitrogens is 1. The largest absolute Gasteiger partial charge is 0.476 e. The fourth-order valence-corrected chi connectivity index (χ4v) is 1.60. The maximum atomic E-state index is 10.9. The summed E-state index contributed by atoms with van der Waals surface area (Å²) in [5.74, 6) is -1.24. The molecule has 0 aliphatic heterocycles. The van der Waals surface area contributed by atoms with Crippen molar-refractivity contribution in [3.63, 3.8) is 0 Å². The third-order valence-corrected chi connectivity index (χ3v) is 2.31. The van der Waals surface area contributed by atoms with Gasteiger partial charge >= 0.3 is 5.97 Å². The van der Waals surface area contributed by atoms with E-state index in [1.54, 1.807) is 13.0 Å². The van der Waals surface area contributed by atoms with Crippen molar-refractivity contribution < 1.29 is 19.2 Å². The molecule has 0 atom stereocenters. The molecule has 0 amide bonds. The van der Waals surface area contributed by atoms with E-state index in [0.29, 0.717) is 11.1 Å². The molecule has 1 heterocycles. The van der Waals surface area contributed by atoms with Gasteiger partial charge in [0.25, 0.3) is 5.69 Å². The molecule has 7 nitrogen and oxygen atoms in total. The van der Waals surface area contributed by atoms with Crippen LogP contribution >= 0.6 is 0 Å². The summed E-state index contributed by atoms with van der Waals surface area (Å²) in [5.41, 5.74) is 0.552. The van der Waals surface area contributed by atoms with Crippen molar-refractivity contribution in [1.82, 2.24) is 4.98 Å². The van der Waals surface area contributed by atoms with Gasteiger partial charge in [-0.2, -0.15) is 0 Å². The van der Waals surface area contributed by atoms with Gasteiger partial charge in [0.2, 0.25) is 0 Å². The summed E-state index contributed by atoms with van der Waals surface area (Å²) in [6.07, 6.45) is 0.993. The van der Waals surface area contributed by atoms with E-state index in [4.69, 9.17) is 9.52 Å². The topological polar surface area (TPSA) is 106 Å². The zero-order valence-corrected chi connectivity index (χ0v) is 9.28. The summed E-state index contributed by atoms with van der Waals surface area (Å²) in [4.78, 5) is 24.7. The Morgan fingerprint density at radius 3 is 2.78 bits per heavy atom. The smallest absolute Gasteiger partial charge is 0.358 e. The molecule has 0 bridgehead atoms. The molecule has 1 aromatic heterocycles. The number of hydrogen-bond donors (Lipinski definition) is 1. The molecule has 2 rings (SSSR count). The predicted molar refractivity (Wildman–Crippen MR) is 60.3 cm³/mol. The summed E-state index contributed by atoms with van der Waals surface area (Å²) >= 11 is 0. The Labute approximate surface area is 101 Å². The number of nitrogens with zero attached hydrogens (tertiary/aromatic N) is 2. The Balaban J connectivity index is 2.60. The highest BCUT2D eigenvalue weighted by Gasteiger charge is 2.19. The van der Waals surface area contributed by atoms with E-state index < -0.39 is 10.9 Å². The van der Waals surface area contributed by atoms with E-state index in [9.17, 15) is 14.9 Å². The van der Waals surface area contributed by atoms with Gasteiger partial charge in [-0.25, -0.2) is 9.78 Å². The van der Waals surface area contributed by atoms with Crippen LogP contribution in [0.5, 0.6) is 0 Å². The molecular formula is C11H8N2O5. The number of aromatic carboxylic acids is 1. The van der Waals surface area contributed by atoms with Crippen LogP contribution in [0.3, 0.4) is 0 Å². The SMILES string of the molecule is Cc1cc(-c2ocnc2C(=O)O)cc([N+](=O)[O-])c1. The van der Waals surface area contributed by atoms with Gasteiger partial charge in [0, 0.05) is 17.7 Å². The average molecular weight is 248 g/mol. The minimum absolute atomic E-state index is 0.00861. The van der Waals surface area contributed by atoms with E-state index in [0.717, 1.165) is 6.39 Å². The molecule has 2 aromatic rings. The monoisotopic (exact) mass is 248 g/mol. The van der Waals surface area contributed by atoms with Gasteiger partial charge in [-0.1, -0.05) is 0 Å². The second-order valence-corrected chi connectivity index (χ2v) is 3.65. The number of hydrogen-bond acceptors (Lipinski definition) is 5. The van der Waals surface area contributed by atoms with Gasteiger partial charge in [0.1, 0.15) is 0 Å². The fourth-order valence-electron chi connectivity index (χ4n) is 1.60. The van der Waals surface area contributed by atoms with Crippen LogP contribution in [0.2, 0.25) is 0 Å². The van der Waals surface area contributed by atoms with Crippen molar-refractivity contribution in [1.29, 1.82) is 0 Å². The average Bonchev–Trinajstić information content (AvgIpc) is 2.76. The number of aryl methyl sites for hydroxylation is 1. The van der Waals surface area contributed by atoms with Crippen LogP contribution in [0, 0.1) is 17.0 Å². The summed E-state index contributed by atoms with van der Waals surface area (Å²) < 4.78 is 4.99. The lowest BCUT2D eigenvalue weighted by atomic mass is 10.1. The van der Waals surface area contributed by atoms with E-state index in [2.05, 4.69) is 4.98 Å². The van der Waals surface area contributed by atoms with Gasteiger partial charge in [0.05, 0.1) is 4.92 Å². The van der Waals surface area contributed by atoms with Crippen LogP contribution in [-0.4, -0.2) is 21.0 Å². The van der Waals surface area contributed by atoms with Crippen molar-refractivity contribution in [2.24, 2.45) is 0 Å². The maximum Gasteiger partial charge on any atom is 0.358 e. The number of nitro groups is 1. The Morgan fingerprint density at radius 2 is 2.17 bits per heavy atom. The van der Waals surface area contributed by atoms with Crippen LogP contribution in [0.1, 0.15) is 16.1 Å². The quantitative estimate of drug-likeness (QED) is 0.659. The lowest BCUT2D eigenvalue weighted by Crippen LogP contribution is -1.99. The zero-order valence-electron chi connectivity index (χ0n) is 9.28. The zero-order chi connectivity index (χ0) is 13.3. The number of carbonyl (C=O) groups is 1. The molecule has 92 valence electrons. The second kappa shape index (κ2) is 4.28. The molecule has 0 radical (unpaired) electrons. The first-order valence-corrected chi connectivity index (χ1v) is 4.92. The molecule has 0 spiro atoms. The van der Waals surface area contributed by atoms with Gasteiger partial charge in [0.15, 0.2) is 17.8 Å². The van der Waals surface area contributed by atoms with E-state index in [1.165, 1.54) is 12.1 Å². The third kappa shape index (κ3) is 2.05. The van der Waals surface area contributed by atoms with Crippen LogP contribution in [0.25, 0.3) is 11.3 Å². The summed E-state index contributed by atoms with van der Waals surface area (Å²) in [7, 11) is 0. The first-order valence-electron chi connectivity index (χ1n) is 4.92. The van der Waals surface area contributed by atoms with Crippen LogP contribution in [-0.2, 0) is 0 Å². The molecular weight excluding hydrogens is 240 g/mol. The molecule has 1 N–H and O–H groups in total. The normalized spacial score (nSPS) is 10.3. The van der Waals surface area contributed by atoms with Gasteiger partial charge in [-0.15, -0.1) is 0 Å². The standard InChI is InChI=1S/C11H8N2O5/c1-6-2-7(4-8(3-6)13(16)17)10-9(11(14)15)12-5-18-10/h2-5H,1H3,(H,14,15). The third-order valence-electron chi connectivity index (χ3n) is 2.31. The Hall–Kier alpha value is -2.70. The number of rotatable bonds is 3. The van der Waals surface area contributed by atoms with Crippen molar-refractivity contribution in [2.45, 2.75) is 6.92 Å². The number of oxazole rings is 1. The summed E-state index contributed by atoms with van der Waals surface area (Å²) in [6.45, 7) is 1.67. The van der Waals surface area contributed by atoms with E-state index in [-0.39, 0.29) is 17.1 Å². The van der Waals surface area contributed by atoms with Crippen LogP contribution < -0.4 is 0 Å². The Kier molecular flexibility index (Phi) is 2.80. The van der Waals surface area contributed by atoms with Crippen molar-refractivity contribution in [3.05, 3.63) is 46.0 Å². The minimum Gasteiger partial charge on any atom is -0.476 e. The summed E-state index contributed by atoms with van der Waals surface area (Å²) in [6, 6.07) is 4.24. The maximum absolute atomic E-state index is 10.9. The fraction of sp³-hybridized carbons (Fsp3) is 0.0909. The first-order chi connectivity index (χ1) is 8.49. The highest BCUT2D eigenvalue weighted by Crippen LogP contribution is 2.28. The molecule has 0 saturated heterocycles. The number of nitro benzene ring substituents is 1. The van der Waals surface area contributed by atoms with E-state index in [1.807, 2.05) is 0 Å². The molecule has 18 heavy (non-hydrogen) atoms. The van der Waals surface area contributed by atoms with Crippen molar-refractivity contribution >= 4 is 11.7 Å². The lowest BCUT2D eigenvalue weighted by molar-refractivity contribution is -0.384. The molecule has 0 saturated carbocycles. The molecule has 0 fully saturated rings. The predicted octanol–water partition coefficient (Wildman–Crippen LogP) is 2.26. The Morgan fingerprint density at radius 1 is 1.44 bits per heavy atom. The molecule has 0 aliphatic rings. The highest BCUT2D eigenvalue weighted by molar-refractivity contribution is 5.92. The highest BCUT2D eigenvalue weighted by atomic mass is 16.6. The lowest BCUT2D eigenvalue weighted by Gasteiger charge is -2.00. The van der Waals surface area contributed by atoms with Crippen LogP contribution in [0.4, 0.5) is 5.69 Å². The van der Waals surface area contributed by atoms with Crippen molar-refractivity contribution in [2.75, 3.05) is 0 Å². The number of benzene rings is 1.